The number of hydrogen-bond donors (Lipinski definition) is 1. The van der Waals surface area contributed by atoms with E-state index in [1.165, 1.54) is 0 Å². The molecule has 0 saturated heterocycles. The number of nitrogens with zero attached hydrogens (tertiary/aromatic N) is 2. The molecular weight excluding hydrogens is 242 g/mol. The number of imidazole rings is 1. The third-order valence-corrected chi connectivity index (χ3v) is 2.50. The summed E-state index contributed by atoms with van der Waals surface area (Å²) in [5, 5.41) is 2.75. The van der Waals surface area contributed by atoms with Crippen LogP contribution in [0.25, 0.3) is 0 Å². The highest BCUT2D eigenvalue weighted by atomic mass is 35.5. The number of hydrogen-bond acceptors (Lipinski definition) is 3. The molecule has 0 aliphatic heterocycles. The van der Waals surface area contributed by atoms with E-state index < -0.39 is 0 Å². The fourth-order valence-electron chi connectivity index (χ4n) is 1.38. The van der Waals surface area contributed by atoms with Crippen LogP contribution in [0.4, 0.5) is 0 Å². The van der Waals surface area contributed by atoms with Gasteiger partial charge in [0.05, 0.1) is 12.2 Å². The molecule has 6 heteroatoms. The Morgan fingerprint density at radius 2 is 2.41 bits per heavy atom. The van der Waals surface area contributed by atoms with Crippen LogP contribution in [0.5, 0.6) is 0 Å². The number of aromatic nitrogens is 2. The zero-order valence-electron chi connectivity index (χ0n) is 9.10. The molecule has 2 aromatic heterocycles. The molecule has 2 heterocycles. The van der Waals surface area contributed by atoms with Gasteiger partial charge in [0.1, 0.15) is 5.76 Å². The number of halogens is 1. The van der Waals surface area contributed by atoms with Gasteiger partial charge in [-0.25, -0.2) is 4.98 Å². The van der Waals surface area contributed by atoms with Gasteiger partial charge in [0.25, 0.3) is 5.91 Å². The van der Waals surface area contributed by atoms with Gasteiger partial charge in [0.15, 0.2) is 5.76 Å². The summed E-state index contributed by atoms with van der Waals surface area (Å²) in [7, 11) is 0. The maximum Gasteiger partial charge on any atom is 0.287 e. The molecule has 1 N–H and O–H groups in total. The van der Waals surface area contributed by atoms with Crippen molar-refractivity contribution in [3.8, 4) is 0 Å². The number of alkyl halides is 1. The van der Waals surface area contributed by atoms with Gasteiger partial charge in [0.2, 0.25) is 0 Å². The fraction of sp³-hybridized carbons (Fsp3) is 0.273. The zero-order chi connectivity index (χ0) is 12.1. The van der Waals surface area contributed by atoms with Gasteiger partial charge in [-0.2, -0.15) is 0 Å². The molecular formula is C11H12ClN3O2. The van der Waals surface area contributed by atoms with Gasteiger partial charge >= 0.3 is 0 Å². The van der Waals surface area contributed by atoms with Gasteiger partial charge in [-0.1, -0.05) is 0 Å². The van der Waals surface area contributed by atoms with E-state index in [0.717, 1.165) is 0 Å². The van der Waals surface area contributed by atoms with Gasteiger partial charge in [-0.15, -0.1) is 11.6 Å². The molecule has 0 radical (unpaired) electrons. The molecule has 0 aromatic carbocycles. The molecule has 0 saturated carbocycles. The minimum atomic E-state index is -0.235. The zero-order valence-corrected chi connectivity index (χ0v) is 9.85. The molecule has 90 valence electrons. The Morgan fingerprint density at radius 1 is 1.53 bits per heavy atom. The van der Waals surface area contributed by atoms with Crippen LogP contribution in [0.1, 0.15) is 16.3 Å². The Balaban J connectivity index is 1.81. The summed E-state index contributed by atoms with van der Waals surface area (Å²) in [5.41, 5.74) is 0. The maximum atomic E-state index is 11.6. The Morgan fingerprint density at radius 3 is 3.06 bits per heavy atom. The summed E-state index contributed by atoms with van der Waals surface area (Å²) in [6, 6.07) is 3.31. The number of carbonyl (C=O) groups excluding carboxylic acids is 1. The van der Waals surface area contributed by atoms with Crippen molar-refractivity contribution in [2.45, 2.75) is 12.4 Å². The lowest BCUT2D eigenvalue weighted by atomic mass is 10.4. The topological polar surface area (TPSA) is 60.1 Å². The van der Waals surface area contributed by atoms with E-state index in [2.05, 4.69) is 10.3 Å². The van der Waals surface area contributed by atoms with Crippen LogP contribution in [0.2, 0.25) is 0 Å². The molecule has 0 unspecified atom stereocenters. The number of carbonyl (C=O) groups is 1. The number of rotatable bonds is 5. The lowest BCUT2D eigenvalue weighted by Gasteiger charge is -2.03. The SMILES string of the molecule is O=C(NCCn1ccnc1)c1ccc(CCl)o1. The second-order valence-electron chi connectivity index (χ2n) is 3.46. The van der Waals surface area contributed by atoms with Crippen LogP contribution in [-0.2, 0) is 12.4 Å². The summed E-state index contributed by atoms with van der Waals surface area (Å²) in [5.74, 6) is 0.904. The highest BCUT2D eigenvalue weighted by Crippen LogP contribution is 2.09. The predicted molar refractivity (Wildman–Crippen MR) is 62.8 cm³/mol. The van der Waals surface area contributed by atoms with Crippen molar-refractivity contribution in [1.82, 2.24) is 14.9 Å². The molecule has 0 atom stereocenters. The maximum absolute atomic E-state index is 11.6. The first-order valence-corrected chi connectivity index (χ1v) is 5.71. The summed E-state index contributed by atoms with van der Waals surface area (Å²) < 4.78 is 7.10. The molecule has 0 bridgehead atoms. The van der Waals surface area contributed by atoms with Crippen LogP contribution in [0.15, 0.2) is 35.3 Å². The third kappa shape index (κ3) is 3.10. The quantitative estimate of drug-likeness (QED) is 0.824. The van der Waals surface area contributed by atoms with Crippen LogP contribution in [-0.4, -0.2) is 22.0 Å². The van der Waals surface area contributed by atoms with E-state index in [4.69, 9.17) is 16.0 Å². The van der Waals surface area contributed by atoms with E-state index in [0.29, 0.717) is 18.8 Å². The van der Waals surface area contributed by atoms with Crippen LogP contribution in [0.3, 0.4) is 0 Å². The van der Waals surface area contributed by atoms with Gasteiger partial charge in [-0.3, -0.25) is 4.79 Å². The van der Waals surface area contributed by atoms with Crippen LogP contribution < -0.4 is 5.32 Å². The smallest absolute Gasteiger partial charge is 0.287 e. The average Bonchev–Trinajstić information content (AvgIpc) is 2.99. The highest BCUT2D eigenvalue weighted by Gasteiger charge is 2.09. The standard InChI is InChI=1S/C11H12ClN3O2/c12-7-9-1-2-10(17-9)11(16)14-4-6-15-5-3-13-8-15/h1-3,5,8H,4,6-7H2,(H,14,16). The summed E-state index contributed by atoms with van der Waals surface area (Å²) >= 11 is 5.58. The second-order valence-corrected chi connectivity index (χ2v) is 3.72. The summed E-state index contributed by atoms with van der Waals surface area (Å²) in [4.78, 5) is 15.5. The van der Waals surface area contributed by atoms with E-state index in [9.17, 15) is 4.79 Å². The van der Waals surface area contributed by atoms with E-state index in [1.54, 1.807) is 24.7 Å². The normalized spacial score (nSPS) is 10.4. The van der Waals surface area contributed by atoms with E-state index in [-0.39, 0.29) is 17.5 Å². The molecule has 17 heavy (non-hydrogen) atoms. The third-order valence-electron chi connectivity index (χ3n) is 2.23. The highest BCUT2D eigenvalue weighted by molar-refractivity contribution is 6.16. The van der Waals surface area contributed by atoms with Crippen molar-refractivity contribution in [3.63, 3.8) is 0 Å². The first-order valence-electron chi connectivity index (χ1n) is 5.18. The molecule has 0 fully saturated rings. The van der Waals surface area contributed by atoms with Crippen LogP contribution in [0, 0.1) is 0 Å². The average molecular weight is 254 g/mol. The Labute approximate surface area is 103 Å². The summed E-state index contributed by atoms with van der Waals surface area (Å²) in [6.07, 6.45) is 5.23. The fourth-order valence-corrected chi connectivity index (χ4v) is 1.52. The van der Waals surface area contributed by atoms with Crippen LogP contribution >= 0.6 is 11.6 Å². The predicted octanol–water partition coefficient (Wildman–Crippen LogP) is 1.64. The summed E-state index contributed by atoms with van der Waals surface area (Å²) in [6.45, 7) is 1.20. The largest absolute Gasteiger partial charge is 0.455 e. The first kappa shape index (κ1) is 11.7. The second kappa shape index (κ2) is 5.54. The van der Waals surface area contributed by atoms with Crippen molar-refractivity contribution in [3.05, 3.63) is 42.4 Å². The minimum Gasteiger partial charge on any atom is -0.455 e. The van der Waals surface area contributed by atoms with E-state index in [1.807, 2.05) is 10.8 Å². The molecule has 1 amide bonds. The molecule has 0 spiro atoms. The lowest BCUT2D eigenvalue weighted by molar-refractivity contribution is 0.0923. The monoisotopic (exact) mass is 253 g/mol. The van der Waals surface area contributed by atoms with Crippen molar-refractivity contribution in [1.29, 1.82) is 0 Å². The molecule has 0 aliphatic rings. The van der Waals surface area contributed by atoms with Crippen molar-refractivity contribution < 1.29 is 9.21 Å². The Kier molecular flexibility index (Phi) is 3.82. The number of amides is 1. The molecule has 5 nitrogen and oxygen atoms in total. The van der Waals surface area contributed by atoms with Gasteiger partial charge in [0, 0.05) is 25.5 Å². The molecule has 2 aromatic rings. The number of furan rings is 1. The van der Waals surface area contributed by atoms with Gasteiger partial charge < -0.3 is 14.3 Å². The number of nitrogens with one attached hydrogen (secondary N) is 1. The lowest BCUT2D eigenvalue weighted by Crippen LogP contribution is -2.26. The van der Waals surface area contributed by atoms with Crippen molar-refractivity contribution >= 4 is 17.5 Å². The van der Waals surface area contributed by atoms with Crippen molar-refractivity contribution in [2.75, 3.05) is 6.54 Å². The Hall–Kier alpha value is -1.75. The van der Waals surface area contributed by atoms with Crippen molar-refractivity contribution in [2.24, 2.45) is 0 Å². The van der Waals surface area contributed by atoms with E-state index >= 15 is 0 Å². The minimum absolute atomic E-state index is 0.235. The molecule has 0 aliphatic carbocycles. The Bertz CT molecular complexity index is 479. The van der Waals surface area contributed by atoms with Gasteiger partial charge in [-0.05, 0) is 12.1 Å². The molecule has 2 rings (SSSR count). The first-order chi connectivity index (χ1) is 8.29.